The Kier molecular flexibility index (Phi) is 5.08. The number of imidazole rings is 1. The maximum absolute atomic E-state index is 11.9. The summed E-state index contributed by atoms with van der Waals surface area (Å²) in [6, 6.07) is 0. The molecule has 4 rings (SSSR count). The molecule has 1 aliphatic rings. The van der Waals surface area contributed by atoms with Crippen LogP contribution < -0.4 is 4.74 Å². The monoisotopic (exact) mass is 399 g/mol. The van der Waals surface area contributed by atoms with Gasteiger partial charge in [0.1, 0.15) is 18.3 Å². The Morgan fingerprint density at radius 1 is 1.31 bits per heavy atom. The zero-order chi connectivity index (χ0) is 20.5. The Balaban J connectivity index is 1.62. The number of fused-ring (bicyclic) bond motifs is 1. The van der Waals surface area contributed by atoms with E-state index in [2.05, 4.69) is 22.0 Å². The predicted molar refractivity (Wildman–Crippen MR) is 106 cm³/mol. The van der Waals surface area contributed by atoms with Gasteiger partial charge in [0.2, 0.25) is 5.88 Å². The molecule has 0 N–H and O–H groups in total. The number of carbonyl (C=O) groups excluding carboxylic acids is 1. The van der Waals surface area contributed by atoms with Crippen LogP contribution in [0.5, 0.6) is 5.88 Å². The van der Waals surface area contributed by atoms with Crippen LogP contribution in [0.2, 0.25) is 0 Å². The SMILES string of the molecule is CCOC(=O)N1CC[C@H](Oc2ncnc3c2nc(-c2cnn(CC)c2C)n3C)C1. The molecule has 1 atom stereocenters. The molecule has 0 bridgehead atoms. The van der Waals surface area contributed by atoms with Crippen LogP contribution in [0.4, 0.5) is 4.79 Å². The lowest BCUT2D eigenvalue weighted by Gasteiger charge is -2.16. The lowest BCUT2D eigenvalue weighted by molar-refractivity contribution is 0.109. The lowest BCUT2D eigenvalue weighted by atomic mass is 10.2. The summed E-state index contributed by atoms with van der Waals surface area (Å²) < 4.78 is 15.0. The molecule has 4 heterocycles. The fourth-order valence-corrected chi connectivity index (χ4v) is 3.65. The van der Waals surface area contributed by atoms with E-state index in [4.69, 9.17) is 14.5 Å². The second-order valence-electron chi connectivity index (χ2n) is 6.98. The molecule has 0 aliphatic carbocycles. The summed E-state index contributed by atoms with van der Waals surface area (Å²) in [6.45, 7) is 8.09. The molecule has 10 heteroatoms. The Morgan fingerprint density at radius 2 is 2.14 bits per heavy atom. The van der Waals surface area contributed by atoms with Gasteiger partial charge in [-0.05, 0) is 20.8 Å². The molecule has 0 aromatic carbocycles. The number of hydrogen-bond acceptors (Lipinski definition) is 7. The fraction of sp³-hybridized carbons (Fsp3) is 0.526. The van der Waals surface area contributed by atoms with E-state index in [0.717, 1.165) is 23.6 Å². The first kappa shape index (κ1) is 19.2. The Hall–Kier alpha value is -3.17. The molecule has 3 aromatic rings. The van der Waals surface area contributed by atoms with Gasteiger partial charge in [0.05, 0.1) is 24.9 Å². The van der Waals surface area contributed by atoms with Crippen LogP contribution in [-0.4, -0.2) is 66.1 Å². The molecule has 29 heavy (non-hydrogen) atoms. The van der Waals surface area contributed by atoms with Crippen LogP contribution in [0.1, 0.15) is 26.0 Å². The standard InChI is InChI=1S/C19H25N7O3/c1-5-26-12(3)14(9-22-26)16-23-15-17(24(16)4)20-11-21-18(15)29-13-7-8-25(10-13)19(27)28-6-2/h9,11,13H,5-8,10H2,1-4H3/t13-/m0/s1. The van der Waals surface area contributed by atoms with Gasteiger partial charge in [-0.3, -0.25) is 4.68 Å². The first-order valence-electron chi connectivity index (χ1n) is 9.82. The van der Waals surface area contributed by atoms with Gasteiger partial charge in [0, 0.05) is 32.3 Å². The number of ether oxygens (including phenoxy) is 2. The summed E-state index contributed by atoms with van der Waals surface area (Å²) in [5.41, 5.74) is 3.28. The van der Waals surface area contributed by atoms with Gasteiger partial charge < -0.3 is 18.9 Å². The van der Waals surface area contributed by atoms with E-state index in [1.165, 1.54) is 6.33 Å². The molecule has 3 aromatic heterocycles. The number of amides is 1. The van der Waals surface area contributed by atoms with E-state index in [9.17, 15) is 4.79 Å². The molecule has 154 valence electrons. The van der Waals surface area contributed by atoms with E-state index in [1.807, 2.05) is 29.4 Å². The zero-order valence-corrected chi connectivity index (χ0v) is 17.1. The number of rotatable bonds is 5. The first-order valence-corrected chi connectivity index (χ1v) is 9.82. The predicted octanol–water partition coefficient (Wildman–Crippen LogP) is 2.16. The summed E-state index contributed by atoms with van der Waals surface area (Å²) in [4.78, 5) is 27.0. The summed E-state index contributed by atoms with van der Waals surface area (Å²) in [5, 5.41) is 4.41. The number of aromatic nitrogens is 6. The van der Waals surface area contributed by atoms with Crippen LogP contribution in [0.25, 0.3) is 22.6 Å². The van der Waals surface area contributed by atoms with Crippen LogP contribution in [0.3, 0.4) is 0 Å². The van der Waals surface area contributed by atoms with Gasteiger partial charge in [-0.1, -0.05) is 0 Å². The summed E-state index contributed by atoms with van der Waals surface area (Å²) in [7, 11) is 1.92. The Labute approximate surface area is 168 Å². The van der Waals surface area contributed by atoms with E-state index >= 15 is 0 Å². The van der Waals surface area contributed by atoms with Crippen molar-refractivity contribution >= 4 is 17.3 Å². The maximum atomic E-state index is 11.9. The van der Waals surface area contributed by atoms with E-state index in [0.29, 0.717) is 43.2 Å². The minimum absolute atomic E-state index is 0.160. The van der Waals surface area contributed by atoms with Crippen molar-refractivity contribution in [3.05, 3.63) is 18.2 Å². The first-order chi connectivity index (χ1) is 14.0. The smallest absolute Gasteiger partial charge is 0.409 e. The topological polar surface area (TPSA) is 100 Å². The maximum Gasteiger partial charge on any atom is 0.409 e. The highest BCUT2D eigenvalue weighted by atomic mass is 16.6. The fourth-order valence-electron chi connectivity index (χ4n) is 3.65. The molecule has 1 saturated heterocycles. The van der Waals surface area contributed by atoms with Crippen molar-refractivity contribution in [1.82, 2.24) is 34.2 Å². The second kappa shape index (κ2) is 7.69. The van der Waals surface area contributed by atoms with Gasteiger partial charge in [-0.15, -0.1) is 0 Å². The van der Waals surface area contributed by atoms with Crippen molar-refractivity contribution in [2.45, 2.75) is 39.8 Å². The molecule has 0 unspecified atom stereocenters. The van der Waals surface area contributed by atoms with E-state index < -0.39 is 0 Å². The molecule has 1 fully saturated rings. The molecule has 1 aliphatic heterocycles. The summed E-state index contributed by atoms with van der Waals surface area (Å²) >= 11 is 0. The van der Waals surface area contributed by atoms with Crippen molar-refractivity contribution in [2.24, 2.45) is 7.05 Å². The molecular formula is C19H25N7O3. The van der Waals surface area contributed by atoms with Crippen molar-refractivity contribution in [3.8, 4) is 17.3 Å². The van der Waals surface area contributed by atoms with Crippen LogP contribution in [0, 0.1) is 6.92 Å². The van der Waals surface area contributed by atoms with Crippen LogP contribution >= 0.6 is 0 Å². The van der Waals surface area contributed by atoms with Gasteiger partial charge in [0.25, 0.3) is 0 Å². The molecule has 0 saturated carbocycles. The molecule has 1 amide bonds. The Bertz CT molecular complexity index is 1040. The largest absolute Gasteiger partial charge is 0.471 e. The third kappa shape index (κ3) is 3.39. The van der Waals surface area contributed by atoms with Crippen LogP contribution in [-0.2, 0) is 18.3 Å². The minimum atomic E-state index is -0.310. The summed E-state index contributed by atoms with van der Waals surface area (Å²) in [5.74, 6) is 1.19. The van der Waals surface area contributed by atoms with Gasteiger partial charge >= 0.3 is 6.09 Å². The highest BCUT2D eigenvalue weighted by Crippen LogP contribution is 2.29. The molecule has 0 radical (unpaired) electrons. The normalized spacial score (nSPS) is 16.6. The highest BCUT2D eigenvalue weighted by Gasteiger charge is 2.30. The Morgan fingerprint density at radius 3 is 2.86 bits per heavy atom. The average molecular weight is 399 g/mol. The van der Waals surface area contributed by atoms with Crippen LogP contribution in [0.15, 0.2) is 12.5 Å². The number of aryl methyl sites for hydroxylation is 2. The quantitative estimate of drug-likeness (QED) is 0.648. The van der Waals surface area contributed by atoms with Gasteiger partial charge in [-0.2, -0.15) is 10.1 Å². The number of hydrogen-bond donors (Lipinski definition) is 0. The average Bonchev–Trinajstić information content (AvgIpc) is 3.41. The van der Waals surface area contributed by atoms with Crippen molar-refractivity contribution in [3.63, 3.8) is 0 Å². The molecule has 0 spiro atoms. The zero-order valence-electron chi connectivity index (χ0n) is 17.1. The lowest BCUT2D eigenvalue weighted by Crippen LogP contribution is -2.31. The van der Waals surface area contributed by atoms with E-state index in [-0.39, 0.29) is 12.2 Å². The third-order valence-electron chi connectivity index (χ3n) is 5.22. The van der Waals surface area contributed by atoms with Gasteiger partial charge in [-0.25, -0.2) is 14.8 Å². The second-order valence-corrected chi connectivity index (χ2v) is 6.98. The van der Waals surface area contributed by atoms with Gasteiger partial charge in [0.15, 0.2) is 11.2 Å². The molecular weight excluding hydrogens is 374 g/mol. The minimum Gasteiger partial charge on any atom is -0.471 e. The van der Waals surface area contributed by atoms with E-state index in [1.54, 1.807) is 11.8 Å². The number of nitrogens with zero attached hydrogens (tertiary/aromatic N) is 7. The number of carbonyl (C=O) groups is 1. The van der Waals surface area contributed by atoms with Crippen molar-refractivity contribution in [2.75, 3.05) is 19.7 Å². The van der Waals surface area contributed by atoms with Crippen molar-refractivity contribution < 1.29 is 14.3 Å². The number of likely N-dealkylation sites (tertiary alicyclic amines) is 1. The molecule has 10 nitrogen and oxygen atoms in total. The third-order valence-corrected chi connectivity index (χ3v) is 5.22. The highest BCUT2D eigenvalue weighted by molar-refractivity contribution is 5.81. The summed E-state index contributed by atoms with van der Waals surface area (Å²) in [6.07, 6.45) is 3.54. The van der Waals surface area contributed by atoms with Crippen molar-refractivity contribution in [1.29, 1.82) is 0 Å².